The average molecular weight is 282 g/mol. The van der Waals surface area contributed by atoms with Crippen molar-refractivity contribution in [3.8, 4) is 0 Å². The summed E-state index contributed by atoms with van der Waals surface area (Å²) in [5, 5.41) is 0. The Morgan fingerprint density at radius 1 is 1.05 bits per heavy atom. The average Bonchev–Trinajstić information content (AvgIpc) is 2.56. The second-order valence-corrected chi connectivity index (χ2v) is 4.59. The molecule has 0 radical (unpaired) electrons. The molecule has 0 fully saturated rings. The van der Waals surface area contributed by atoms with Gasteiger partial charge in [0, 0.05) is 0 Å². The number of rotatable bonds is 6. The predicted octanol–water partition coefficient (Wildman–Crippen LogP) is 3.63. The third-order valence-electron chi connectivity index (χ3n) is 3.12. The Morgan fingerprint density at radius 3 is 2.19 bits per heavy atom. The molecule has 0 unspecified atom stereocenters. The number of hydrogen-bond donors (Lipinski definition) is 0. The molecular weight excluding hydrogens is 264 g/mol. The van der Waals surface area contributed by atoms with Crippen LogP contribution in [0.1, 0.15) is 17.2 Å². The second-order valence-electron chi connectivity index (χ2n) is 4.59. The van der Waals surface area contributed by atoms with Crippen molar-refractivity contribution in [2.75, 3.05) is 13.7 Å². The van der Waals surface area contributed by atoms with Gasteiger partial charge in [0.2, 0.25) is 0 Å². The Balaban J connectivity index is 2.07. The topological polar surface area (TPSA) is 35.5 Å². The molecule has 0 saturated heterocycles. The van der Waals surface area contributed by atoms with Gasteiger partial charge in [0.15, 0.2) is 6.10 Å². The van der Waals surface area contributed by atoms with Crippen LogP contribution in [-0.2, 0) is 14.3 Å². The highest BCUT2D eigenvalue weighted by molar-refractivity contribution is 5.76. The lowest BCUT2D eigenvalue weighted by atomic mass is 10.1. The quantitative estimate of drug-likeness (QED) is 0.759. The monoisotopic (exact) mass is 282 g/mol. The van der Waals surface area contributed by atoms with Gasteiger partial charge < -0.3 is 9.47 Å². The molecule has 0 aliphatic heterocycles. The van der Waals surface area contributed by atoms with Crippen LogP contribution in [0.4, 0.5) is 0 Å². The van der Waals surface area contributed by atoms with Crippen molar-refractivity contribution in [3.05, 3.63) is 78.4 Å². The predicted molar refractivity (Wildman–Crippen MR) is 82.6 cm³/mol. The summed E-state index contributed by atoms with van der Waals surface area (Å²) in [5.74, 6) is -0.415. The molecule has 108 valence electrons. The zero-order valence-electron chi connectivity index (χ0n) is 12.0. The fraction of sp³-hybridized carbons (Fsp3) is 0.167. The molecule has 0 amide bonds. The van der Waals surface area contributed by atoms with E-state index < -0.39 is 12.1 Å². The molecule has 0 heterocycles. The largest absolute Gasteiger partial charge is 0.467 e. The minimum atomic E-state index is -0.739. The molecule has 0 bridgehead atoms. The molecule has 0 aliphatic carbocycles. The summed E-state index contributed by atoms with van der Waals surface area (Å²) >= 11 is 0. The van der Waals surface area contributed by atoms with Crippen molar-refractivity contribution in [2.24, 2.45) is 0 Å². The summed E-state index contributed by atoms with van der Waals surface area (Å²) in [6.45, 7) is 4.26. The van der Waals surface area contributed by atoms with E-state index in [0.717, 1.165) is 16.7 Å². The van der Waals surface area contributed by atoms with E-state index in [9.17, 15) is 4.79 Å². The Labute approximate surface area is 124 Å². The number of carbonyl (C=O) groups excluding carboxylic acids is 1. The lowest BCUT2D eigenvalue weighted by molar-refractivity contribution is -0.153. The van der Waals surface area contributed by atoms with Crippen LogP contribution in [0.2, 0.25) is 0 Å². The highest BCUT2D eigenvalue weighted by Crippen LogP contribution is 2.21. The number of carbonyl (C=O) groups is 1. The molecular formula is C18H18O3. The van der Waals surface area contributed by atoms with Crippen molar-refractivity contribution >= 4 is 11.5 Å². The first kappa shape index (κ1) is 15.0. The van der Waals surface area contributed by atoms with Gasteiger partial charge in [0.25, 0.3) is 0 Å². The number of esters is 1. The van der Waals surface area contributed by atoms with Crippen LogP contribution >= 0.6 is 0 Å². The van der Waals surface area contributed by atoms with E-state index in [4.69, 9.17) is 9.47 Å². The summed E-state index contributed by atoms with van der Waals surface area (Å²) in [4.78, 5) is 11.9. The Morgan fingerprint density at radius 2 is 1.62 bits per heavy atom. The first-order valence-electron chi connectivity index (χ1n) is 6.70. The molecule has 0 N–H and O–H groups in total. The molecule has 2 aromatic rings. The van der Waals surface area contributed by atoms with Crippen molar-refractivity contribution in [3.63, 3.8) is 0 Å². The maximum absolute atomic E-state index is 11.9. The van der Waals surface area contributed by atoms with Crippen LogP contribution in [0.15, 0.2) is 67.2 Å². The highest BCUT2D eigenvalue weighted by atomic mass is 16.6. The standard InChI is InChI=1S/C18H18O3/c1-14(15-9-5-3-6-10-15)13-21-17(18(19)20-2)16-11-7-4-8-12-16/h3-12,17H,1,13H2,2H3/t17-/m1/s1. The molecule has 3 nitrogen and oxygen atoms in total. The highest BCUT2D eigenvalue weighted by Gasteiger charge is 2.22. The van der Waals surface area contributed by atoms with Crippen molar-refractivity contribution in [1.82, 2.24) is 0 Å². The van der Waals surface area contributed by atoms with Gasteiger partial charge in [-0.2, -0.15) is 0 Å². The fourth-order valence-corrected chi connectivity index (χ4v) is 1.98. The molecule has 2 aromatic carbocycles. The maximum atomic E-state index is 11.9. The van der Waals surface area contributed by atoms with Gasteiger partial charge in [-0.25, -0.2) is 4.79 Å². The van der Waals surface area contributed by atoms with E-state index in [0.29, 0.717) is 0 Å². The van der Waals surface area contributed by atoms with E-state index >= 15 is 0 Å². The van der Waals surface area contributed by atoms with E-state index in [-0.39, 0.29) is 6.61 Å². The molecule has 21 heavy (non-hydrogen) atoms. The minimum absolute atomic E-state index is 0.263. The first-order chi connectivity index (χ1) is 10.2. The second kappa shape index (κ2) is 7.41. The van der Waals surface area contributed by atoms with Crippen LogP contribution in [0.3, 0.4) is 0 Å². The van der Waals surface area contributed by atoms with Crippen LogP contribution in [0, 0.1) is 0 Å². The van der Waals surface area contributed by atoms with Crippen molar-refractivity contribution in [1.29, 1.82) is 0 Å². The number of benzene rings is 2. The Bertz CT molecular complexity index is 590. The van der Waals surface area contributed by atoms with Crippen LogP contribution in [0.25, 0.3) is 5.57 Å². The van der Waals surface area contributed by atoms with E-state index in [2.05, 4.69) is 6.58 Å². The van der Waals surface area contributed by atoms with Gasteiger partial charge in [-0.1, -0.05) is 67.2 Å². The van der Waals surface area contributed by atoms with Crippen molar-refractivity contribution in [2.45, 2.75) is 6.10 Å². The maximum Gasteiger partial charge on any atom is 0.339 e. The lowest BCUT2D eigenvalue weighted by Crippen LogP contribution is -2.18. The number of hydrogen-bond acceptors (Lipinski definition) is 3. The lowest BCUT2D eigenvalue weighted by Gasteiger charge is -2.17. The SMILES string of the molecule is C=C(CO[C@@H](C(=O)OC)c1ccccc1)c1ccccc1. The molecule has 3 heteroatoms. The third-order valence-corrected chi connectivity index (χ3v) is 3.12. The molecule has 1 atom stereocenters. The van der Waals surface area contributed by atoms with Crippen LogP contribution < -0.4 is 0 Å². The van der Waals surface area contributed by atoms with Gasteiger partial charge in [0.1, 0.15) is 0 Å². The summed E-state index contributed by atoms with van der Waals surface area (Å²) in [5.41, 5.74) is 2.58. The summed E-state index contributed by atoms with van der Waals surface area (Å²) in [6, 6.07) is 19.0. The third kappa shape index (κ3) is 4.04. The molecule has 2 rings (SSSR count). The molecule has 0 aliphatic rings. The molecule has 0 spiro atoms. The van der Waals surface area contributed by atoms with Gasteiger partial charge in [-0.3, -0.25) is 0 Å². The Hall–Kier alpha value is -2.39. The van der Waals surface area contributed by atoms with E-state index in [1.165, 1.54) is 7.11 Å². The fourth-order valence-electron chi connectivity index (χ4n) is 1.98. The first-order valence-corrected chi connectivity index (χ1v) is 6.70. The zero-order valence-corrected chi connectivity index (χ0v) is 12.0. The van der Waals surface area contributed by atoms with Gasteiger partial charge in [-0.15, -0.1) is 0 Å². The normalized spacial score (nSPS) is 11.7. The summed E-state index contributed by atoms with van der Waals surface area (Å²) in [7, 11) is 1.35. The van der Waals surface area contributed by atoms with E-state index in [1.807, 2.05) is 60.7 Å². The zero-order chi connectivity index (χ0) is 15.1. The van der Waals surface area contributed by atoms with Crippen LogP contribution in [0.5, 0.6) is 0 Å². The number of ether oxygens (including phenoxy) is 2. The molecule has 0 aromatic heterocycles. The molecule has 0 saturated carbocycles. The Kier molecular flexibility index (Phi) is 5.29. The van der Waals surface area contributed by atoms with Gasteiger partial charge in [-0.05, 0) is 16.7 Å². The smallest absolute Gasteiger partial charge is 0.339 e. The minimum Gasteiger partial charge on any atom is -0.467 e. The van der Waals surface area contributed by atoms with Crippen LogP contribution in [-0.4, -0.2) is 19.7 Å². The van der Waals surface area contributed by atoms with Gasteiger partial charge >= 0.3 is 5.97 Å². The van der Waals surface area contributed by atoms with Crippen molar-refractivity contribution < 1.29 is 14.3 Å². The summed E-state index contributed by atoms with van der Waals surface area (Å²) < 4.78 is 10.5. The summed E-state index contributed by atoms with van der Waals surface area (Å²) in [6.07, 6.45) is -0.739. The van der Waals surface area contributed by atoms with Gasteiger partial charge in [0.05, 0.1) is 13.7 Å². The number of methoxy groups -OCH3 is 1. The van der Waals surface area contributed by atoms with E-state index in [1.54, 1.807) is 0 Å².